The Morgan fingerprint density at radius 1 is 1.22 bits per heavy atom. The number of hydrogen-bond donors (Lipinski definition) is 1. The van der Waals surface area contributed by atoms with Gasteiger partial charge in [0, 0.05) is 45.0 Å². The van der Waals surface area contributed by atoms with Crippen LogP contribution in [0.4, 0.5) is 0 Å². The highest BCUT2D eigenvalue weighted by molar-refractivity contribution is 5.30. The van der Waals surface area contributed by atoms with Gasteiger partial charge in [0.05, 0.1) is 17.5 Å². The maximum absolute atomic E-state index is 9.57. The van der Waals surface area contributed by atoms with Crippen molar-refractivity contribution in [3.63, 3.8) is 0 Å². The van der Waals surface area contributed by atoms with Crippen LogP contribution in [0.1, 0.15) is 19.5 Å². The predicted octanol–water partition coefficient (Wildman–Crippen LogP) is 1.76. The number of aliphatic hydroxyl groups is 1. The van der Waals surface area contributed by atoms with Crippen LogP contribution >= 0.6 is 0 Å². The van der Waals surface area contributed by atoms with Crippen molar-refractivity contribution in [2.24, 2.45) is 0 Å². The zero-order chi connectivity index (χ0) is 16.2. The van der Waals surface area contributed by atoms with Gasteiger partial charge < -0.3 is 5.11 Å². The summed E-state index contributed by atoms with van der Waals surface area (Å²) < 4.78 is 1.93. The minimum absolute atomic E-state index is 0.259. The lowest BCUT2D eigenvalue weighted by Gasteiger charge is -2.40. The number of benzene rings is 1. The molecule has 23 heavy (non-hydrogen) atoms. The first-order chi connectivity index (χ1) is 11.1. The first-order valence-corrected chi connectivity index (χ1v) is 8.36. The number of aromatic nitrogens is 2. The van der Waals surface area contributed by atoms with Gasteiger partial charge in [0.25, 0.3) is 0 Å². The van der Waals surface area contributed by atoms with Crippen LogP contribution in [-0.4, -0.2) is 63.0 Å². The minimum atomic E-state index is -0.259. The van der Waals surface area contributed by atoms with Crippen LogP contribution in [0.5, 0.6) is 0 Å². The molecule has 5 nitrogen and oxygen atoms in total. The highest BCUT2D eigenvalue weighted by Gasteiger charge is 2.24. The zero-order valence-electron chi connectivity index (χ0n) is 14.0. The normalized spacial score (nSPS) is 21.4. The standard InChI is InChI=1S/C18H26N4O/c1-15-12-20(10-11-21(15)13-16(2)23)14-17-8-9-22(19-17)18-6-4-3-5-7-18/h3-9,15-16,23H,10-14H2,1-2H3. The van der Waals surface area contributed by atoms with Crippen LogP contribution < -0.4 is 0 Å². The molecule has 1 aromatic carbocycles. The van der Waals surface area contributed by atoms with Gasteiger partial charge in [0.1, 0.15) is 0 Å². The Hall–Kier alpha value is -1.69. The molecule has 5 heteroatoms. The molecule has 0 saturated carbocycles. The zero-order valence-corrected chi connectivity index (χ0v) is 14.0. The Labute approximate surface area is 138 Å². The van der Waals surface area contributed by atoms with E-state index in [0.717, 1.165) is 44.1 Å². The smallest absolute Gasteiger partial charge is 0.0769 e. The highest BCUT2D eigenvalue weighted by atomic mass is 16.3. The molecule has 2 atom stereocenters. The van der Waals surface area contributed by atoms with Gasteiger partial charge >= 0.3 is 0 Å². The summed E-state index contributed by atoms with van der Waals surface area (Å²) in [6, 6.07) is 12.8. The molecule has 124 valence electrons. The van der Waals surface area contributed by atoms with Crippen LogP contribution in [0.25, 0.3) is 5.69 Å². The second-order valence-corrected chi connectivity index (χ2v) is 6.52. The Kier molecular flexibility index (Phi) is 5.10. The van der Waals surface area contributed by atoms with E-state index in [1.807, 2.05) is 36.0 Å². The van der Waals surface area contributed by atoms with Crippen LogP contribution in [0.2, 0.25) is 0 Å². The van der Waals surface area contributed by atoms with Crippen LogP contribution in [-0.2, 0) is 6.54 Å². The quantitative estimate of drug-likeness (QED) is 0.913. The van der Waals surface area contributed by atoms with Crippen molar-refractivity contribution in [3.8, 4) is 5.69 Å². The van der Waals surface area contributed by atoms with Gasteiger partial charge in [-0.2, -0.15) is 5.10 Å². The van der Waals surface area contributed by atoms with Crippen molar-refractivity contribution in [2.75, 3.05) is 26.2 Å². The van der Waals surface area contributed by atoms with Gasteiger partial charge in [-0.15, -0.1) is 0 Å². The van der Waals surface area contributed by atoms with Crippen molar-refractivity contribution in [3.05, 3.63) is 48.3 Å². The molecule has 0 amide bonds. The number of para-hydroxylation sites is 1. The Morgan fingerprint density at radius 2 is 2.00 bits per heavy atom. The molecule has 1 saturated heterocycles. The molecule has 2 heterocycles. The highest BCUT2D eigenvalue weighted by Crippen LogP contribution is 2.14. The molecule has 3 rings (SSSR count). The van der Waals surface area contributed by atoms with Crippen LogP contribution in [0.15, 0.2) is 42.6 Å². The second-order valence-electron chi connectivity index (χ2n) is 6.52. The SMILES string of the molecule is CC(O)CN1CCN(Cc2ccn(-c3ccccc3)n2)CC1C. The second kappa shape index (κ2) is 7.25. The minimum Gasteiger partial charge on any atom is -0.392 e. The van der Waals surface area contributed by atoms with E-state index in [1.165, 1.54) is 0 Å². The number of piperazine rings is 1. The van der Waals surface area contributed by atoms with Crippen molar-refractivity contribution >= 4 is 0 Å². The first kappa shape index (κ1) is 16.2. The maximum Gasteiger partial charge on any atom is 0.0769 e. The maximum atomic E-state index is 9.57. The Bertz CT molecular complexity index is 610. The fourth-order valence-corrected chi connectivity index (χ4v) is 3.22. The van der Waals surface area contributed by atoms with Crippen LogP contribution in [0.3, 0.4) is 0 Å². The van der Waals surface area contributed by atoms with Gasteiger partial charge in [0.2, 0.25) is 0 Å². The molecular weight excluding hydrogens is 288 g/mol. The lowest BCUT2D eigenvalue weighted by atomic mass is 10.1. The van der Waals surface area contributed by atoms with Gasteiger partial charge in [0.15, 0.2) is 0 Å². The molecule has 1 fully saturated rings. The Balaban J connectivity index is 1.58. The van der Waals surface area contributed by atoms with E-state index in [-0.39, 0.29) is 6.10 Å². The molecule has 1 N–H and O–H groups in total. The van der Waals surface area contributed by atoms with E-state index >= 15 is 0 Å². The molecule has 0 aliphatic carbocycles. The van der Waals surface area contributed by atoms with Gasteiger partial charge in [-0.25, -0.2) is 4.68 Å². The van der Waals surface area contributed by atoms with Crippen LogP contribution in [0, 0.1) is 0 Å². The van der Waals surface area contributed by atoms with E-state index in [4.69, 9.17) is 0 Å². The number of β-amino-alcohol motifs (C(OH)–C–C–N with tert-alkyl or cyclic N) is 1. The Morgan fingerprint density at radius 3 is 2.70 bits per heavy atom. The summed E-state index contributed by atoms with van der Waals surface area (Å²) >= 11 is 0. The molecule has 2 unspecified atom stereocenters. The average Bonchev–Trinajstić information content (AvgIpc) is 2.99. The summed E-state index contributed by atoms with van der Waals surface area (Å²) in [6.45, 7) is 8.78. The van der Waals surface area contributed by atoms with Crippen molar-refractivity contribution in [1.82, 2.24) is 19.6 Å². The molecule has 0 radical (unpaired) electrons. The first-order valence-electron chi connectivity index (χ1n) is 8.36. The van der Waals surface area contributed by atoms with Crippen molar-refractivity contribution in [2.45, 2.75) is 32.5 Å². The van der Waals surface area contributed by atoms with Gasteiger partial charge in [-0.1, -0.05) is 18.2 Å². The lowest BCUT2D eigenvalue weighted by molar-refractivity contribution is 0.0418. The summed E-state index contributed by atoms with van der Waals surface area (Å²) in [4.78, 5) is 4.81. The van der Waals surface area contributed by atoms with Gasteiger partial charge in [-0.3, -0.25) is 9.80 Å². The summed E-state index contributed by atoms with van der Waals surface area (Å²) in [5.74, 6) is 0. The third-order valence-corrected chi connectivity index (χ3v) is 4.40. The average molecular weight is 314 g/mol. The third kappa shape index (κ3) is 4.19. The molecule has 2 aromatic rings. The molecule has 1 aromatic heterocycles. The van der Waals surface area contributed by atoms with E-state index in [2.05, 4.69) is 40.0 Å². The topological polar surface area (TPSA) is 44.5 Å². The third-order valence-electron chi connectivity index (χ3n) is 4.40. The predicted molar refractivity (Wildman–Crippen MR) is 91.6 cm³/mol. The largest absolute Gasteiger partial charge is 0.392 e. The van der Waals surface area contributed by atoms with Crippen molar-refractivity contribution in [1.29, 1.82) is 0 Å². The van der Waals surface area contributed by atoms with Gasteiger partial charge in [-0.05, 0) is 32.0 Å². The molecular formula is C18H26N4O. The van der Waals surface area contributed by atoms with E-state index in [0.29, 0.717) is 6.04 Å². The number of nitrogens with zero attached hydrogens (tertiary/aromatic N) is 4. The summed E-state index contributed by atoms with van der Waals surface area (Å²) in [7, 11) is 0. The van der Waals surface area contributed by atoms with Crippen molar-refractivity contribution < 1.29 is 5.11 Å². The summed E-state index contributed by atoms with van der Waals surface area (Å²) in [6.07, 6.45) is 1.77. The molecule has 1 aliphatic heterocycles. The number of hydrogen-bond acceptors (Lipinski definition) is 4. The number of aliphatic hydroxyl groups excluding tert-OH is 1. The van der Waals surface area contributed by atoms with E-state index < -0.39 is 0 Å². The monoisotopic (exact) mass is 314 g/mol. The van der Waals surface area contributed by atoms with E-state index in [1.54, 1.807) is 0 Å². The fourth-order valence-electron chi connectivity index (χ4n) is 3.22. The summed E-state index contributed by atoms with van der Waals surface area (Å²) in [5, 5.41) is 14.3. The van der Waals surface area contributed by atoms with E-state index in [9.17, 15) is 5.11 Å². The lowest BCUT2D eigenvalue weighted by Crippen LogP contribution is -2.53. The fraction of sp³-hybridized carbons (Fsp3) is 0.500. The molecule has 1 aliphatic rings. The molecule has 0 bridgehead atoms. The number of rotatable bonds is 5. The summed E-state index contributed by atoms with van der Waals surface area (Å²) in [5.41, 5.74) is 2.19. The molecule has 0 spiro atoms.